The molecule has 0 fully saturated rings. The summed E-state index contributed by atoms with van der Waals surface area (Å²) < 4.78 is 14.2. The molecule has 1 aliphatic heterocycles. The molecule has 0 aliphatic carbocycles. The molecule has 5 heteroatoms. The molecule has 182 valence electrons. The largest absolute Gasteiger partial charge is 0.504 e. The highest BCUT2D eigenvalue weighted by atomic mass is 79.9. The molecule has 33 heavy (non-hydrogen) atoms. The molecule has 0 spiro atoms. The Kier molecular flexibility index (Phi) is 9.37. The lowest BCUT2D eigenvalue weighted by molar-refractivity contribution is 0.331. The lowest BCUT2D eigenvalue weighted by atomic mass is 9.94. The van der Waals surface area contributed by atoms with Crippen LogP contribution < -0.4 is 9.47 Å². The Morgan fingerprint density at radius 3 is 1.52 bits per heavy atom. The molecule has 0 unspecified atom stereocenters. The predicted octanol–water partition coefficient (Wildman–Crippen LogP) is 9.13. The number of hydrogen-bond donors (Lipinski definition) is 2. The third-order valence-electron chi connectivity index (χ3n) is 6.50. The van der Waals surface area contributed by atoms with Crippen molar-refractivity contribution in [2.24, 2.45) is 0 Å². The Labute approximate surface area is 207 Å². The minimum atomic E-state index is -0.0646. The van der Waals surface area contributed by atoms with E-state index in [1.807, 2.05) is 6.07 Å². The average molecular weight is 520 g/mol. The van der Waals surface area contributed by atoms with Crippen LogP contribution in [0.25, 0.3) is 0 Å². The first-order valence-electron chi connectivity index (χ1n) is 12.8. The number of ether oxygens (including phenoxy) is 2. The molecular formula is C28H39BrO4. The van der Waals surface area contributed by atoms with Gasteiger partial charge in [0.2, 0.25) is 0 Å². The molecule has 2 N–H and O–H groups in total. The Bertz CT molecular complexity index is 968. The molecule has 0 saturated carbocycles. The fourth-order valence-electron chi connectivity index (χ4n) is 4.50. The summed E-state index contributed by atoms with van der Waals surface area (Å²) in [4.78, 5) is 0. The van der Waals surface area contributed by atoms with E-state index in [1.54, 1.807) is 0 Å². The number of unbranched alkanes of at least 4 members (excludes halogenated alkanes) is 4. The van der Waals surface area contributed by atoms with Crippen molar-refractivity contribution in [3.63, 3.8) is 0 Å². The fraction of sp³-hybridized carbons (Fsp3) is 0.571. The van der Waals surface area contributed by atoms with Gasteiger partial charge in [-0.1, -0.05) is 69.3 Å². The fourth-order valence-corrected chi connectivity index (χ4v) is 5.15. The quantitative estimate of drug-likeness (QED) is 0.234. The van der Waals surface area contributed by atoms with Crippen LogP contribution in [0.4, 0.5) is 0 Å². The molecule has 0 saturated heterocycles. The number of phenols is 2. The second-order valence-electron chi connectivity index (χ2n) is 9.07. The van der Waals surface area contributed by atoms with Gasteiger partial charge in [-0.25, -0.2) is 0 Å². The highest BCUT2D eigenvalue weighted by molar-refractivity contribution is 9.10. The van der Waals surface area contributed by atoms with E-state index in [2.05, 4.69) is 43.6 Å². The molecule has 1 heterocycles. The van der Waals surface area contributed by atoms with Crippen LogP contribution in [-0.2, 0) is 25.7 Å². The van der Waals surface area contributed by atoms with Crippen LogP contribution in [-0.4, -0.2) is 10.2 Å². The van der Waals surface area contributed by atoms with E-state index in [9.17, 15) is 10.2 Å². The summed E-state index contributed by atoms with van der Waals surface area (Å²) in [5.74, 6) is 2.48. The number of phenolic OH excluding ortho intramolecular Hbond substituents is 2. The monoisotopic (exact) mass is 518 g/mol. The molecule has 0 radical (unpaired) electrons. The average Bonchev–Trinajstić information content (AvgIpc) is 2.81. The molecule has 0 atom stereocenters. The highest BCUT2D eigenvalue weighted by Gasteiger charge is 2.33. The maximum absolute atomic E-state index is 10.9. The number of fused-ring (bicyclic) bond motifs is 2. The topological polar surface area (TPSA) is 58.9 Å². The van der Waals surface area contributed by atoms with Crippen LogP contribution in [0.15, 0.2) is 10.5 Å². The Morgan fingerprint density at radius 2 is 1.03 bits per heavy atom. The molecule has 0 amide bonds. The van der Waals surface area contributed by atoms with Crippen molar-refractivity contribution >= 4 is 15.9 Å². The van der Waals surface area contributed by atoms with Crippen molar-refractivity contribution < 1.29 is 19.7 Å². The molecule has 2 aromatic carbocycles. The number of hydrogen-bond acceptors (Lipinski definition) is 4. The van der Waals surface area contributed by atoms with Gasteiger partial charge in [0.05, 0.1) is 0 Å². The van der Waals surface area contributed by atoms with E-state index >= 15 is 0 Å². The first-order chi connectivity index (χ1) is 16.0. The third-order valence-corrected chi connectivity index (χ3v) is 7.20. The first kappa shape index (κ1) is 25.7. The standard InChI is InChI=1S/C28H39BrO4/c1-5-9-13-18-19(14-10-6-2)26-23(17-22(18)29)32-27-20(15-11-7-3)24(30)25(31)21(16-12-8-4)28(27)33-26/h17,30-31H,5-16H2,1-4H3. The van der Waals surface area contributed by atoms with E-state index in [-0.39, 0.29) is 11.5 Å². The van der Waals surface area contributed by atoms with Gasteiger partial charge in [0.15, 0.2) is 34.5 Å². The molecular weight excluding hydrogens is 480 g/mol. The molecule has 0 aromatic heterocycles. The van der Waals surface area contributed by atoms with E-state index < -0.39 is 0 Å². The van der Waals surface area contributed by atoms with Gasteiger partial charge in [0.25, 0.3) is 0 Å². The first-order valence-corrected chi connectivity index (χ1v) is 13.6. The van der Waals surface area contributed by atoms with Crippen molar-refractivity contribution in [3.05, 3.63) is 32.8 Å². The Morgan fingerprint density at radius 1 is 0.606 bits per heavy atom. The summed E-state index contributed by atoms with van der Waals surface area (Å²) in [7, 11) is 0. The SMILES string of the molecule is CCCCc1c(Br)cc2c(c1CCCC)Oc1c(CCCC)c(O)c(O)c(CCCC)c1O2. The van der Waals surface area contributed by atoms with Crippen molar-refractivity contribution in [3.8, 4) is 34.5 Å². The second-order valence-corrected chi connectivity index (χ2v) is 9.93. The third kappa shape index (κ3) is 5.45. The minimum absolute atomic E-state index is 0.0567. The number of rotatable bonds is 12. The maximum atomic E-state index is 10.9. The van der Waals surface area contributed by atoms with E-state index in [1.165, 1.54) is 11.1 Å². The molecule has 0 bridgehead atoms. The maximum Gasteiger partial charge on any atom is 0.177 e. The van der Waals surface area contributed by atoms with Crippen LogP contribution in [0.5, 0.6) is 34.5 Å². The zero-order chi connectivity index (χ0) is 24.0. The summed E-state index contributed by atoms with van der Waals surface area (Å²) in [5, 5.41) is 21.8. The number of aromatic hydroxyl groups is 2. The van der Waals surface area contributed by atoms with Crippen LogP contribution in [0, 0.1) is 0 Å². The smallest absolute Gasteiger partial charge is 0.177 e. The Hall–Kier alpha value is -1.88. The van der Waals surface area contributed by atoms with Crippen molar-refractivity contribution in [2.45, 2.75) is 105 Å². The van der Waals surface area contributed by atoms with Crippen LogP contribution in [0.3, 0.4) is 0 Å². The van der Waals surface area contributed by atoms with Crippen LogP contribution in [0.1, 0.15) is 101 Å². The predicted molar refractivity (Wildman–Crippen MR) is 139 cm³/mol. The zero-order valence-corrected chi connectivity index (χ0v) is 22.2. The van der Waals surface area contributed by atoms with Gasteiger partial charge >= 0.3 is 0 Å². The van der Waals surface area contributed by atoms with Crippen molar-refractivity contribution in [1.29, 1.82) is 0 Å². The number of halogens is 1. The Balaban J connectivity index is 2.18. The molecule has 1 aliphatic rings. The second kappa shape index (κ2) is 12.0. The van der Waals surface area contributed by atoms with Gasteiger partial charge in [0, 0.05) is 21.2 Å². The molecule has 4 nitrogen and oxygen atoms in total. The lowest BCUT2D eigenvalue weighted by Crippen LogP contribution is -2.10. The highest BCUT2D eigenvalue weighted by Crippen LogP contribution is 2.57. The summed E-state index contributed by atoms with van der Waals surface area (Å²) >= 11 is 3.80. The van der Waals surface area contributed by atoms with Gasteiger partial charge in [-0.2, -0.15) is 0 Å². The van der Waals surface area contributed by atoms with Gasteiger partial charge < -0.3 is 19.7 Å². The van der Waals surface area contributed by atoms with E-state index in [0.717, 1.165) is 74.4 Å². The molecule has 3 rings (SSSR count). The van der Waals surface area contributed by atoms with Gasteiger partial charge in [-0.3, -0.25) is 0 Å². The lowest BCUT2D eigenvalue weighted by Gasteiger charge is -2.29. The van der Waals surface area contributed by atoms with Crippen molar-refractivity contribution in [2.75, 3.05) is 0 Å². The molecule has 2 aromatic rings. The minimum Gasteiger partial charge on any atom is -0.504 e. The number of benzene rings is 2. The van der Waals surface area contributed by atoms with Gasteiger partial charge in [-0.05, 0) is 63.0 Å². The van der Waals surface area contributed by atoms with Crippen LogP contribution in [0.2, 0.25) is 0 Å². The zero-order valence-electron chi connectivity index (χ0n) is 20.7. The van der Waals surface area contributed by atoms with E-state index in [0.29, 0.717) is 41.2 Å². The van der Waals surface area contributed by atoms with Crippen molar-refractivity contribution in [1.82, 2.24) is 0 Å². The summed E-state index contributed by atoms with van der Waals surface area (Å²) in [6.07, 6.45) is 11.4. The summed E-state index contributed by atoms with van der Waals surface area (Å²) in [6, 6.07) is 2.01. The van der Waals surface area contributed by atoms with Gasteiger partial charge in [0.1, 0.15) is 0 Å². The van der Waals surface area contributed by atoms with E-state index in [4.69, 9.17) is 9.47 Å². The van der Waals surface area contributed by atoms with Gasteiger partial charge in [-0.15, -0.1) is 0 Å². The van der Waals surface area contributed by atoms with Crippen LogP contribution >= 0.6 is 15.9 Å². The summed E-state index contributed by atoms with van der Waals surface area (Å²) in [6.45, 7) is 8.64. The summed E-state index contributed by atoms with van der Waals surface area (Å²) in [5.41, 5.74) is 3.77. The normalized spacial score (nSPS) is 12.2.